The summed E-state index contributed by atoms with van der Waals surface area (Å²) in [5.74, 6) is 1.77. The van der Waals surface area contributed by atoms with Crippen molar-refractivity contribution in [2.24, 2.45) is 0 Å². The number of ether oxygens (including phenoxy) is 1. The molecule has 1 aliphatic rings. The summed E-state index contributed by atoms with van der Waals surface area (Å²) in [6.07, 6.45) is 0. The zero-order valence-electron chi connectivity index (χ0n) is 12.6. The van der Waals surface area contributed by atoms with E-state index in [1.807, 2.05) is 44.2 Å². The molecule has 2 aromatic rings. The molecule has 0 saturated carbocycles. The van der Waals surface area contributed by atoms with Crippen molar-refractivity contribution >= 4 is 6.03 Å². The Morgan fingerprint density at radius 2 is 2.23 bits per heavy atom. The number of amides is 2. The molecule has 3 rings (SSSR count). The highest BCUT2D eigenvalue weighted by Crippen LogP contribution is 2.31. The number of rotatable bonds is 4. The smallest absolute Gasteiger partial charge is 0.315 e. The largest absolute Gasteiger partial charge is 0.491 e. The van der Waals surface area contributed by atoms with E-state index in [1.165, 1.54) is 0 Å². The van der Waals surface area contributed by atoms with Crippen molar-refractivity contribution in [2.75, 3.05) is 6.61 Å². The summed E-state index contributed by atoms with van der Waals surface area (Å²) in [6, 6.07) is 9.18. The number of fused-ring (bicyclic) bond motifs is 1. The number of hydrogen-bond donors (Lipinski definition) is 2. The summed E-state index contributed by atoms with van der Waals surface area (Å²) in [4.78, 5) is 12.0. The number of urea groups is 1. The first kappa shape index (κ1) is 14.4. The zero-order valence-corrected chi connectivity index (χ0v) is 12.6. The van der Waals surface area contributed by atoms with Crippen molar-refractivity contribution < 1.29 is 14.1 Å². The van der Waals surface area contributed by atoms with Crippen LogP contribution in [0, 0.1) is 0 Å². The number of nitrogens with one attached hydrogen (secondary N) is 2. The van der Waals surface area contributed by atoms with Gasteiger partial charge in [-0.2, -0.15) is 0 Å². The monoisotopic (exact) mass is 301 g/mol. The van der Waals surface area contributed by atoms with E-state index in [2.05, 4.69) is 15.8 Å². The number of carbonyl (C=O) groups is 1. The molecule has 22 heavy (non-hydrogen) atoms. The average Bonchev–Trinajstić information content (AvgIpc) is 3.13. The fourth-order valence-corrected chi connectivity index (χ4v) is 2.34. The van der Waals surface area contributed by atoms with Gasteiger partial charge >= 0.3 is 6.03 Å². The Morgan fingerprint density at radius 1 is 1.41 bits per heavy atom. The summed E-state index contributed by atoms with van der Waals surface area (Å²) in [5, 5.41) is 9.63. The van der Waals surface area contributed by atoms with Gasteiger partial charge in [-0.3, -0.25) is 0 Å². The van der Waals surface area contributed by atoms with Crippen molar-refractivity contribution in [3.63, 3.8) is 0 Å². The fraction of sp³-hybridized carbons (Fsp3) is 0.375. The van der Waals surface area contributed by atoms with Gasteiger partial charge in [0.2, 0.25) is 0 Å². The quantitative estimate of drug-likeness (QED) is 0.910. The summed E-state index contributed by atoms with van der Waals surface area (Å²) in [6.45, 7) is 4.84. The van der Waals surface area contributed by atoms with Crippen molar-refractivity contribution in [2.45, 2.75) is 32.4 Å². The summed E-state index contributed by atoms with van der Waals surface area (Å²) >= 11 is 0. The van der Waals surface area contributed by atoms with Gasteiger partial charge in [0.05, 0.1) is 18.3 Å². The molecule has 6 heteroatoms. The molecule has 2 amide bonds. The molecule has 0 radical (unpaired) electrons. The first-order valence-corrected chi connectivity index (χ1v) is 7.35. The van der Waals surface area contributed by atoms with Gasteiger partial charge in [-0.1, -0.05) is 37.2 Å². The van der Waals surface area contributed by atoms with E-state index in [1.54, 1.807) is 0 Å². The van der Waals surface area contributed by atoms with Crippen LogP contribution < -0.4 is 15.4 Å². The van der Waals surface area contributed by atoms with Crippen molar-refractivity contribution in [3.05, 3.63) is 47.3 Å². The summed E-state index contributed by atoms with van der Waals surface area (Å²) in [5.41, 5.74) is 1.88. The van der Waals surface area contributed by atoms with E-state index < -0.39 is 0 Å². The Labute approximate surface area is 128 Å². The SMILES string of the molecule is CC(C)c1cc(CNC(=O)N[C@H]2COc3ccccc32)on1. The molecule has 1 atom stereocenters. The van der Waals surface area contributed by atoms with Crippen LogP contribution in [0.1, 0.15) is 42.8 Å². The van der Waals surface area contributed by atoms with Crippen LogP contribution in [0.3, 0.4) is 0 Å². The molecule has 1 aliphatic heterocycles. The minimum Gasteiger partial charge on any atom is -0.491 e. The van der Waals surface area contributed by atoms with Gasteiger partial charge < -0.3 is 19.9 Å². The van der Waals surface area contributed by atoms with Gasteiger partial charge in [-0.05, 0) is 12.0 Å². The topological polar surface area (TPSA) is 76.4 Å². The molecule has 0 fully saturated rings. The highest BCUT2D eigenvalue weighted by Gasteiger charge is 2.24. The lowest BCUT2D eigenvalue weighted by atomic mass is 10.1. The van der Waals surface area contributed by atoms with Crippen LogP contribution in [0.4, 0.5) is 4.79 Å². The van der Waals surface area contributed by atoms with Crippen LogP contribution in [0.2, 0.25) is 0 Å². The van der Waals surface area contributed by atoms with Gasteiger partial charge in [-0.15, -0.1) is 0 Å². The Kier molecular flexibility index (Phi) is 4.00. The summed E-state index contributed by atoms with van der Waals surface area (Å²) < 4.78 is 10.7. The number of para-hydroxylation sites is 1. The number of benzene rings is 1. The second-order valence-corrected chi connectivity index (χ2v) is 5.60. The minimum absolute atomic E-state index is 0.128. The van der Waals surface area contributed by atoms with Crippen LogP contribution in [0.15, 0.2) is 34.9 Å². The number of nitrogens with zero attached hydrogens (tertiary/aromatic N) is 1. The van der Waals surface area contributed by atoms with E-state index in [0.29, 0.717) is 24.8 Å². The number of carbonyl (C=O) groups excluding carboxylic acids is 1. The van der Waals surface area contributed by atoms with E-state index in [9.17, 15) is 4.79 Å². The van der Waals surface area contributed by atoms with Crippen LogP contribution in [-0.2, 0) is 6.54 Å². The third kappa shape index (κ3) is 3.05. The Bertz CT molecular complexity index is 666. The maximum absolute atomic E-state index is 12.0. The van der Waals surface area contributed by atoms with Gasteiger partial charge in [0, 0.05) is 11.6 Å². The van der Waals surface area contributed by atoms with E-state index in [-0.39, 0.29) is 12.1 Å². The lowest BCUT2D eigenvalue weighted by molar-refractivity contribution is 0.230. The molecule has 1 aromatic carbocycles. The predicted molar refractivity (Wildman–Crippen MR) is 80.6 cm³/mol. The molecule has 6 nitrogen and oxygen atoms in total. The number of aromatic nitrogens is 1. The third-order valence-corrected chi connectivity index (χ3v) is 3.60. The molecule has 116 valence electrons. The molecular weight excluding hydrogens is 282 g/mol. The maximum Gasteiger partial charge on any atom is 0.315 e. The van der Waals surface area contributed by atoms with Crippen LogP contribution in [0.25, 0.3) is 0 Å². The van der Waals surface area contributed by atoms with E-state index in [4.69, 9.17) is 9.26 Å². The normalized spacial score (nSPS) is 16.2. The van der Waals surface area contributed by atoms with Crippen molar-refractivity contribution in [1.82, 2.24) is 15.8 Å². The molecule has 0 unspecified atom stereocenters. The van der Waals surface area contributed by atoms with E-state index >= 15 is 0 Å². The van der Waals surface area contributed by atoms with E-state index in [0.717, 1.165) is 17.0 Å². The molecule has 1 aromatic heterocycles. The molecule has 2 heterocycles. The molecule has 0 bridgehead atoms. The highest BCUT2D eigenvalue weighted by molar-refractivity contribution is 5.74. The second kappa shape index (κ2) is 6.09. The fourth-order valence-electron chi connectivity index (χ4n) is 2.34. The molecular formula is C16H19N3O3. The van der Waals surface area contributed by atoms with Crippen molar-refractivity contribution in [3.8, 4) is 5.75 Å². The lowest BCUT2D eigenvalue weighted by Gasteiger charge is -2.12. The number of hydrogen-bond acceptors (Lipinski definition) is 4. The molecule has 0 aliphatic carbocycles. The third-order valence-electron chi connectivity index (χ3n) is 3.60. The first-order valence-electron chi connectivity index (χ1n) is 7.35. The van der Waals surface area contributed by atoms with Crippen LogP contribution in [-0.4, -0.2) is 17.8 Å². The first-order chi connectivity index (χ1) is 10.6. The molecule has 0 spiro atoms. The van der Waals surface area contributed by atoms with Gasteiger partial charge in [-0.25, -0.2) is 4.79 Å². The maximum atomic E-state index is 12.0. The Balaban J connectivity index is 1.53. The van der Waals surface area contributed by atoms with Crippen molar-refractivity contribution in [1.29, 1.82) is 0 Å². The molecule has 0 saturated heterocycles. The van der Waals surface area contributed by atoms with Crippen LogP contribution >= 0.6 is 0 Å². The van der Waals surface area contributed by atoms with Gasteiger partial charge in [0.25, 0.3) is 0 Å². The average molecular weight is 301 g/mol. The van der Waals surface area contributed by atoms with Gasteiger partial charge in [0.1, 0.15) is 12.4 Å². The Hall–Kier alpha value is -2.50. The van der Waals surface area contributed by atoms with Gasteiger partial charge in [0.15, 0.2) is 5.76 Å². The summed E-state index contributed by atoms with van der Waals surface area (Å²) in [7, 11) is 0. The predicted octanol–water partition coefficient (Wildman–Crippen LogP) is 2.73. The highest BCUT2D eigenvalue weighted by atomic mass is 16.5. The minimum atomic E-state index is -0.257. The Morgan fingerprint density at radius 3 is 3.00 bits per heavy atom. The lowest BCUT2D eigenvalue weighted by Crippen LogP contribution is -2.38. The standard InChI is InChI=1S/C16H19N3O3/c1-10(2)13-7-11(22-19-13)8-17-16(20)18-14-9-21-15-6-4-3-5-12(14)15/h3-7,10,14H,8-9H2,1-2H3,(H2,17,18,20)/t14-/m0/s1. The zero-order chi connectivity index (χ0) is 15.5. The second-order valence-electron chi connectivity index (χ2n) is 5.60. The molecule has 2 N–H and O–H groups in total. The van der Waals surface area contributed by atoms with Crippen LogP contribution in [0.5, 0.6) is 5.75 Å².